The highest BCUT2D eigenvalue weighted by molar-refractivity contribution is 9.10. The molecule has 0 aliphatic carbocycles. The van der Waals surface area contributed by atoms with Crippen LogP contribution in [0.3, 0.4) is 0 Å². The van der Waals surface area contributed by atoms with Crippen LogP contribution >= 0.6 is 15.9 Å². The van der Waals surface area contributed by atoms with E-state index in [1.54, 1.807) is 0 Å². The van der Waals surface area contributed by atoms with Crippen LogP contribution in [0.4, 0.5) is 0 Å². The fraction of sp³-hybridized carbons (Fsp3) is 0.308. The zero-order chi connectivity index (χ0) is 11.7. The normalized spacial score (nSPS) is 19.7. The van der Waals surface area contributed by atoms with E-state index in [4.69, 9.17) is 0 Å². The number of nitrogens with one attached hydrogen (secondary N) is 2. The summed E-state index contributed by atoms with van der Waals surface area (Å²) < 4.78 is 1.10. The van der Waals surface area contributed by atoms with Crippen LogP contribution in [0.1, 0.15) is 18.2 Å². The Morgan fingerprint density at radius 2 is 2.06 bits per heavy atom. The highest BCUT2D eigenvalue weighted by atomic mass is 79.9. The molecule has 1 atom stereocenters. The number of aromatic nitrogens is 2. The lowest BCUT2D eigenvalue weighted by Gasteiger charge is -2.03. The highest BCUT2D eigenvalue weighted by Gasteiger charge is 2.19. The van der Waals surface area contributed by atoms with E-state index in [9.17, 15) is 0 Å². The van der Waals surface area contributed by atoms with Crippen LogP contribution < -0.4 is 5.32 Å². The third-order valence-electron chi connectivity index (χ3n) is 3.20. The Hall–Kier alpha value is -1.13. The first-order valence-corrected chi connectivity index (χ1v) is 6.64. The lowest BCUT2D eigenvalue weighted by atomic mass is 10.1. The second kappa shape index (κ2) is 4.63. The molecule has 0 spiro atoms. The molecule has 1 unspecified atom stereocenters. The molecule has 0 radical (unpaired) electrons. The molecule has 17 heavy (non-hydrogen) atoms. The van der Waals surface area contributed by atoms with E-state index >= 15 is 0 Å². The fourth-order valence-corrected chi connectivity index (χ4v) is 2.47. The summed E-state index contributed by atoms with van der Waals surface area (Å²) in [4.78, 5) is 7.91. The summed E-state index contributed by atoms with van der Waals surface area (Å²) in [6, 6.07) is 8.28. The Bertz CT molecular complexity index is 498. The fourth-order valence-electron chi connectivity index (χ4n) is 2.21. The van der Waals surface area contributed by atoms with Crippen molar-refractivity contribution in [3.05, 3.63) is 40.8 Å². The number of imidazole rings is 1. The number of aromatic amines is 1. The third kappa shape index (κ3) is 2.28. The molecule has 1 aromatic carbocycles. The molecule has 2 aromatic rings. The smallest absolute Gasteiger partial charge is 0.110 e. The van der Waals surface area contributed by atoms with Gasteiger partial charge in [-0.25, -0.2) is 4.98 Å². The van der Waals surface area contributed by atoms with Crippen LogP contribution in [0.5, 0.6) is 0 Å². The van der Waals surface area contributed by atoms with Crippen molar-refractivity contribution in [3.63, 3.8) is 0 Å². The molecule has 1 fully saturated rings. The monoisotopic (exact) mass is 291 g/mol. The summed E-state index contributed by atoms with van der Waals surface area (Å²) >= 11 is 3.44. The molecule has 0 bridgehead atoms. The molecule has 0 amide bonds. The maximum Gasteiger partial charge on any atom is 0.110 e. The van der Waals surface area contributed by atoms with Gasteiger partial charge in [-0.05, 0) is 30.7 Å². The molecule has 1 aliphatic heterocycles. The van der Waals surface area contributed by atoms with E-state index in [1.807, 2.05) is 18.3 Å². The SMILES string of the molecule is Brc1ccc(-c2cnc(C3CCNC3)[nH]2)cc1. The van der Waals surface area contributed by atoms with Crippen molar-refractivity contribution in [1.82, 2.24) is 15.3 Å². The van der Waals surface area contributed by atoms with Gasteiger partial charge in [-0.1, -0.05) is 28.1 Å². The highest BCUT2D eigenvalue weighted by Crippen LogP contribution is 2.24. The number of benzene rings is 1. The number of H-pyrrole nitrogens is 1. The minimum Gasteiger partial charge on any atom is -0.342 e. The maximum atomic E-state index is 4.49. The molecule has 88 valence electrons. The Balaban J connectivity index is 1.86. The minimum absolute atomic E-state index is 0.541. The average Bonchev–Trinajstić information content (AvgIpc) is 3.00. The lowest BCUT2D eigenvalue weighted by molar-refractivity contribution is 0.715. The van der Waals surface area contributed by atoms with Crippen molar-refractivity contribution in [2.45, 2.75) is 12.3 Å². The van der Waals surface area contributed by atoms with E-state index in [-0.39, 0.29) is 0 Å². The first kappa shape index (κ1) is 11.0. The first-order valence-electron chi connectivity index (χ1n) is 5.84. The lowest BCUT2D eigenvalue weighted by Crippen LogP contribution is -2.08. The van der Waals surface area contributed by atoms with Crippen molar-refractivity contribution < 1.29 is 0 Å². The van der Waals surface area contributed by atoms with Gasteiger partial charge < -0.3 is 10.3 Å². The van der Waals surface area contributed by atoms with E-state index < -0.39 is 0 Å². The van der Waals surface area contributed by atoms with Crippen LogP contribution in [-0.2, 0) is 0 Å². The summed E-state index contributed by atoms with van der Waals surface area (Å²) in [5.74, 6) is 1.65. The molecule has 3 nitrogen and oxygen atoms in total. The Morgan fingerprint density at radius 1 is 1.24 bits per heavy atom. The van der Waals surface area contributed by atoms with Crippen LogP contribution in [0.25, 0.3) is 11.3 Å². The molecular weight excluding hydrogens is 278 g/mol. The Labute approximate surface area is 109 Å². The van der Waals surface area contributed by atoms with Crippen molar-refractivity contribution in [2.24, 2.45) is 0 Å². The summed E-state index contributed by atoms with van der Waals surface area (Å²) in [5.41, 5.74) is 2.28. The molecular formula is C13H14BrN3. The zero-order valence-electron chi connectivity index (χ0n) is 9.41. The van der Waals surface area contributed by atoms with Gasteiger partial charge in [0.25, 0.3) is 0 Å². The molecule has 2 N–H and O–H groups in total. The summed E-state index contributed by atoms with van der Waals surface area (Å²) in [5, 5.41) is 3.36. The number of hydrogen-bond acceptors (Lipinski definition) is 2. The molecule has 4 heteroatoms. The quantitative estimate of drug-likeness (QED) is 0.893. The van der Waals surface area contributed by atoms with Gasteiger partial charge in [-0.2, -0.15) is 0 Å². The molecule has 1 saturated heterocycles. The Kier molecular flexibility index (Phi) is 2.99. The van der Waals surface area contributed by atoms with Crippen LogP contribution in [-0.4, -0.2) is 23.1 Å². The molecule has 2 heterocycles. The van der Waals surface area contributed by atoms with Crippen molar-refractivity contribution in [1.29, 1.82) is 0 Å². The van der Waals surface area contributed by atoms with Gasteiger partial charge in [0.2, 0.25) is 0 Å². The number of hydrogen-bond donors (Lipinski definition) is 2. The number of rotatable bonds is 2. The van der Waals surface area contributed by atoms with Crippen LogP contribution in [0.2, 0.25) is 0 Å². The van der Waals surface area contributed by atoms with Gasteiger partial charge in [-0.15, -0.1) is 0 Å². The predicted molar refractivity (Wildman–Crippen MR) is 72.0 cm³/mol. The summed E-state index contributed by atoms with van der Waals surface area (Å²) in [6.45, 7) is 2.13. The van der Waals surface area contributed by atoms with E-state index in [2.05, 4.69) is 43.3 Å². The predicted octanol–water partition coefficient (Wildman–Crippen LogP) is 2.92. The molecule has 1 aliphatic rings. The van der Waals surface area contributed by atoms with Gasteiger partial charge in [0.1, 0.15) is 5.82 Å². The third-order valence-corrected chi connectivity index (χ3v) is 3.73. The Morgan fingerprint density at radius 3 is 2.76 bits per heavy atom. The van der Waals surface area contributed by atoms with E-state index in [0.29, 0.717) is 5.92 Å². The van der Waals surface area contributed by atoms with Gasteiger partial charge in [0.05, 0.1) is 11.9 Å². The van der Waals surface area contributed by atoms with Gasteiger partial charge in [0.15, 0.2) is 0 Å². The largest absolute Gasteiger partial charge is 0.342 e. The minimum atomic E-state index is 0.541. The van der Waals surface area contributed by atoms with E-state index in [0.717, 1.165) is 29.1 Å². The number of halogens is 1. The van der Waals surface area contributed by atoms with Gasteiger partial charge >= 0.3 is 0 Å². The second-order valence-corrected chi connectivity index (χ2v) is 5.29. The number of nitrogens with zero attached hydrogens (tertiary/aromatic N) is 1. The summed E-state index contributed by atoms with van der Waals surface area (Å²) in [6.07, 6.45) is 3.10. The maximum absolute atomic E-state index is 4.49. The summed E-state index contributed by atoms with van der Waals surface area (Å²) in [7, 11) is 0. The van der Waals surface area contributed by atoms with Gasteiger partial charge in [0, 0.05) is 16.9 Å². The molecule has 3 rings (SSSR count). The first-order chi connectivity index (χ1) is 8.33. The standard InChI is InChI=1S/C13H14BrN3/c14-11-3-1-9(2-4-11)12-8-16-13(17-12)10-5-6-15-7-10/h1-4,8,10,15H,5-7H2,(H,16,17). The van der Waals surface area contributed by atoms with E-state index in [1.165, 1.54) is 12.0 Å². The second-order valence-electron chi connectivity index (χ2n) is 4.38. The van der Waals surface area contributed by atoms with Crippen molar-refractivity contribution in [2.75, 3.05) is 13.1 Å². The van der Waals surface area contributed by atoms with Crippen LogP contribution in [0, 0.1) is 0 Å². The topological polar surface area (TPSA) is 40.7 Å². The molecule has 1 aromatic heterocycles. The average molecular weight is 292 g/mol. The molecule has 0 saturated carbocycles. The van der Waals surface area contributed by atoms with Crippen LogP contribution in [0.15, 0.2) is 34.9 Å². The van der Waals surface area contributed by atoms with Crippen molar-refractivity contribution in [3.8, 4) is 11.3 Å². The zero-order valence-corrected chi connectivity index (χ0v) is 11.0. The van der Waals surface area contributed by atoms with Crippen molar-refractivity contribution >= 4 is 15.9 Å². The van der Waals surface area contributed by atoms with Gasteiger partial charge in [-0.3, -0.25) is 0 Å².